The highest BCUT2D eigenvalue weighted by molar-refractivity contribution is 5.22. The topological polar surface area (TPSA) is 23.5 Å². The zero-order valence-electron chi connectivity index (χ0n) is 9.97. The second kappa shape index (κ2) is 5.46. The van der Waals surface area contributed by atoms with Crippen molar-refractivity contribution in [2.45, 2.75) is 31.8 Å². The van der Waals surface area contributed by atoms with E-state index in [2.05, 4.69) is 35.2 Å². The molecule has 0 amide bonds. The van der Waals surface area contributed by atoms with E-state index in [1.54, 1.807) is 0 Å². The minimum Gasteiger partial charge on any atom is -0.393 e. The van der Waals surface area contributed by atoms with Gasteiger partial charge in [-0.15, -0.1) is 0 Å². The molecule has 1 fully saturated rings. The predicted octanol–water partition coefficient (Wildman–Crippen LogP) is 2.25. The SMILES string of the molecule is CC(O)CCCN1CC(c2ccccc2)C1. The first kappa shape index (κ1) is 11.6. The summed E-state index contributed by atoms with van der Waals surface area (Å²) in [4.78, 5) is 2.47. The molecule has 16 heavy (non-hydrogen) atoms. The van der Waals surface area contributed by atoms with Gasteiger partial charge in [0.15, 0.2) is 0 Å². The first-order valence-corrected chi connectivity index (χ1v) is 6.21. The van der Waals surface area contributed by atoms with Gasteiger partial charge in [0, 0.05) is 19.0 Å². The Morgan fingerprint density at radius 3 is 2.62 bits per heavy atom. The van der Waals surface area contributed by atoms with Crippen molar-refractivity contribution in [2.24, 2.45) is 0 Å². The van der Waals surface area contributed by atoms with Crippen LogP contribution in [-0.4, -0.2) is 35.7 Å². The minimum atomic E-state index is -0.147. The molecule has 1 aliphatic heterocycles. The normalized spacial score (nSPS) is 19.4. The Labute approximate surface area is 97.9 Å². The molecule has 88 valence electrons. The van der Waals surface area contributed by atoms with E-state index in [1.807, 2.05) is 6.92 Å². The zero-order chi connectivity index (χ0) is 11.4. The van der Waals surface area contributed by atoms with Crippen molar-refractivity contribution in [1.82, 2.24) is 4.90 Å². The monoisotopic (exact) mass is 219 g/mol. The highest BCUT2D eigenvalue weighted by atomic mass is 16.3. The predicted molar refractivity (Wildman–Crippen MR) is 66.5 cm³/mol. The maximum Gasteiger partial charge on any atom is 0.0512 e. The summed E-state index contributed by atoms with van der Waals surface area (Å²) in [5.74, 6) is 0.729. The Kier molecular flexibility index (Phi) is 3.97. The lowest BCUT2D eigenvalue weighted by Gasteiger charge is -2.39. The Hall–Kier alpha value is -0.860. The fraction of sp³-hybridized carbons (Fsp3) is 0.571. The van der Waals surface area contributed by atoms with E-state index >= 15 is 0 Å². The van der Waals surface area contributed by atoms with Crippen LogP contribution in [-0.2, 0) is 0 Å². The summed E-state index contributed by atoms with van der Waals surface area (Å²) in [6, 6.07) is 10.7. The number of aliphatic hydroxyl groups is 1. The Balaban J connectivity index is 1.66. The molecule has 0 saturated carbocycles. The van der Waals surface area contributed by atoms with E-state index in [9.17, 15) is 0 Å². The molecule has 0 aliphatic carbocycles. The summed E-state index contributed by atoms with van der Waals surface area (Å²) >= 11 is 0. The van der Waals surface area contributed by atoms with E-state index in [-0.39, 0.29) is 6.10 Å². The molecule has 1 saturated heterocycles. The third kappa shape index (κ3) is 3.06. The highest BCUT2D eigenvalue weighted by Crippen LogP contribution is 2.26. The summed E-state index contributed by atoms with van der Waals surface area (Å²) < 4.78 is 0. The molecule has 0 radical (unpaired) electrons. The first-order chi connectivity index (χ1) is 7.75. The van der Waals surface area contributed by atoms with Crippen molar-refractivity contribution in [3.8, 4) is 0 Å². The summed E-state index contributed by atoms with van der Waals surface area (Å²) in [7, 11) is 0. The number of aliphatic hydroxyl groups excluding tert-OH is 1. The van der Waals surface area contributed by atoms with Crippen LogP contribution in [0.3, 0.4) is 0 Å². The summed E-state index contributed by atoms with van der Waals surface area (Å²) in [5, 5.41) is 9.17. The van der Waals surface area contributed by atoms with Gasteiger partial charge in [-0.2, -0.15) is 0 Å². The van der Waals surface area contributed by atoms with Gasteiger partial charge in [0.05, 0.1) is 6.10 Å². The lowest BCUT2D eigenvalue weighted by Crippen LogP contribution is -2.45. The van der Waals surface area contributed by atoms with Crippen LogP contribution in [0, 0.1) is 0 Å². The molecule has 2 rings (SSSR count). The fourth-order valence-corrected chi connectivity index (χ4v) is 2.30. The van der Waals surface area contributed by atoms with Gasteiger partial charge >= 0.3 is 0 Å². The van der Waals surface area contributed by atoms with Crippen LogP contribution in [0.25, 0.3) is 0 Å². The standard InChI is InChI=1S/C14H21NO/c1-12(16)6-5-9-15-10-14(11-15)13-7-3-2-4-8-13/h2-4,7-8,12,14,16H,5-6,9-11H2,1H3. The molecule has 1 heterocycles. The summed E-state index contributed by atoms with van der Waals surface area (Å²) in [6.07, 6.45) is 1.89. The molecule has 1 N–H and O–H groups in total. The molecule has 0 spiro atoms. The van der Waals surface area contributed by atoms with Crippen LogP contribution in [0.2, 0.25) is 0 Å². The minimum absolute atomic E-state index is 0.147. The van der Waals surface area contributed by atoms with Crippen molar-refractivity contribution in [1.29, 1.82) is 0 Å². The molecule has 1 aromatic carbocycles. The summed E-state index contributed by atoms with van der Waals surface area (Å²) in [6.45, 7) is 5.37. The van der Waals surface area contributed by atoms with Crippen molar-refractivity contribution in [3.05, 3.63) is 35.9 Å². The molecule has 1 atom stereocenters. The van der Waals surface area contributed by atoms with Crippen LogP contribution in [0.5, 0.6) is 0 Å². The molecule has 0 aromatic heterocycles. The number of hydrogen-bond donors (Lipinski definition) is 1. The van der Waals surface area contributed by atoms with Gasteiger partial charge in [-0.1, -0.05) is 30.3 Å². The number of hydrogen-bond acceptors (Lipinski definition) is 2. The van der Waals surface area contributed by atoms with E-state index in [0.717, 1.165) is 25.3 Å². The number of benzene rings is 1. The lowest BCUT2D eigenvalue weighted by molar-refractivity contribution is 0.128. The van der Waals surface area contributed by atoms with Crippen LogP contribution >= 0.6 is 0 Å². The van der Waals surface area contributed by atoms with Crippen molar-refractivity contribution in [2.75, 3.05) is 19.6 Å². The van der Waals surface area contributed by atoms with Gasteiger partial charge < -0.3 is 10.0 Å². The largest absolute Gasteiger partial charge is 0.393 e. The Morgan fingerprint density at radius 2 is 2.00 bits per heavy atom. The van der Waals surface area contributed by atoms with Crippen LogP contribution in [0.15, 0.2) is 30.3 Å². The van der Waals surface area contributed by atoms with Crippen LogP contribution in [0.4, 0.5) is 0 Å². The second-order valence-electron chi connectivity index (χ2n) is 4.86. The van der Waals surface area contributed by atoms with Crippen LogP contribution in [0.1, 0.15) is 31.2 Å². The molecule has 1 aliphatic rings. The van der Waals surface area contributed by atoms with Gasteiger partial charge in [0.25, 0.3) is 0 Å². The van der Waals surface area contributed by atoms with Gasteiger partial charge in [-0.05, 0) is 31.9 Å². The smallest absolute Gasteiger partial charge is 0.0512 e. The number of likely N-dealkylation sites (tertiary alicyclic amines) is 1. The quantitative estimate of drug-likeness (QED) is 0.821. The molecular formula is C14H21NO. The van der Waals surface area contributed by atoms with Crippen LogP contribution < -0.4 is 0 Å². The van der Waals surface area contributed by atoms with E-state index < -0.39 is 0 Å². The average molecular weight is 219 g/mol. The first-order valence-electron chi connectivity index (χ1n) is 6.21. The second-order valence-corrected chi connectivity index (χ2v) is 4.86. The fourth-order valence-electron chi connectivity index (χ4n) is 2.30. The lowest BCUT2D eigenvalue weighted by atomic mass is 9.91. The maximum atomic E-state index is 9.17. The van der Waals surface area contributed by atoms with Crippen molar-refractivity contribution < 1.29 is 5.11 Å². The molecule has 1 unspecified atom stereocenters. The van der Waals surface area contributed by atoms with Crippen molar-refractivity contribution >= 4 is 0 Å². The number of rotatable bonds is 5. The maximum absolute atomic E-state index is 9.17. The Morgan fingerprint density at radius 1 is 1.31 bits per heavy atom. The van der Waals surface area contributed by atoms with Gasteiger partial charge in [0.1, 0.15) is 0 Å². The van der Waals surface area contributed by atoms with E-state index in [0.29, 0.717) is 0 Å². The molecule has 2 nitrogen and oxygen atoms in total. The molecule has 1 aromatic rings. The van der Waals surface area contributed by atoms with Crippen molar-refractivity contribution in [3.63, 3.8) is 0 Å². The average Bonchev–Trinajstić information content (AvgIpc) is 2.22. The molecule has 0 bridgehead atoms. The molecular weight excluding hydrogens is 198 g/mol. The van der Waals surface area contributed by atoms with Gasteiger partial charge in [0.2, 0.25) is 0 Å². The number of nitrogens with zero attached hydrogens (tertiary/aromatic N) is 1. The zero-order valence-corrected chi connectivity index (χ0v) is 9.97. The van der Waals surface area contributed by atoms with Gasteiger partial charge in [-0.3, -0.25) is 0 Å². The Bertz CT molecular complexity index is 304. The third-order valence-electron chi connectivity index (χ3n) is 3.32. The van der Waals surface area contributed by atoms with E-state index in [4.69, 9.17) is 5.11 Å². The highest BCUT2D eigenvalue weighted by Gasteiger charge is 2.26. The van der Waals surface area contributed by atoms with Gasteiger partial charge in [-0.25, -0.2) is 0 Å². The summed E-state index contributed by atoms with van der Waals surface area (Å²) in [5.41, 5.74) is 1.47. The van der Waals surface area contributed by atoms with E-state index in [1.165, 1.54) is 18.7 Å². The third-order valence-corrected chi connectivity index (χ3v) is 3.32. The molecule has 2 heteroatoms.